The molecule has 6 nitrogen and oxygen atoms in total. The van der Waals surface area contributed by atoms with Crippen molar-refractivity contribution in [1.82, 2.24) is 19.7 Å². The van der Waals surface area contributed by atoms with E-state index in [0.717, 1.165) is 30.3 Å². The number of aromatic nitrogens is 3. The molecule has 2 aromatic heterocycles. The predicted molar refractivity (Wildman–Crippen MR) is 105 cm³/mol. The molecule has 0 saturated carbocycles. The highest BCUT2D eigenvalue weighted by Crippen LogP contribution is 2.17. The molecule has 1 aromatic carbocycles. The summed E-state index contributed by atoms with van der Waals surface area (Å²) >= 11 is 0. The molecule has 138 valence electrons. The van der Waals surface area contributed by atoms with Crippen molar-refractivity contribution >= 4 is 11.6 Å². The number of para-hydroxylation sites is 1. The van der Waals surface area contributed by atoms with Crippen LogP contribution in [0.3, 0.4) is 0 Å². The highest BCUT2D eigenvalue weighted by Gasteiger charge is 2.22. The fraction of sp³-hybridized carbons (Fsp3) is 0.286. The molecule has 0 unspecified atom stereocenters. The second-order valence-corrected chi connectivity index (χ2v) is 6.86. The van der Waals surface area contributed by atoms with Gasteiger partial charge in [0.25, 0.3) is 5.91 Å². The molecule has 0 radical (unpaired) electrons. The SMILES string of the molecule is Cc1cc(C)n(-c2ccc(C(=O)N3CCN(c4ccccc4)CC3)cn2)n1. The molecule has 1 aliphatic heterocycles. The van der Waals surface area contributed by atoms with E-state index in [1.54, 1.807) is 10.9 Å². The molecule has 0 bridgehead atoms. The van der Waals surface area contributed by atoms with Gasteiger partial charge < -0.3 is 9.80 Å². The number of piperazine rings is 1. The number of pyridine rings is 1. The first kappa shape index (κ1) is 17.3. The van der Waals surface area contributed by atoms with Gasteiger partial charge in [-0.2, -0.15) is 5.10 Å². The Morgan fingerprint density at radius 1 is 0.963 bits per heavy atom. The van der Waals surface area contributed by atoms with E-state index in [2.05, 4.69) is 27.1 Å². The normalized spacial score (nSPS) is 14.4. The van der Waals surface area contributed by atoms with E-state index in [0.29, 0.717) is 18.7 Å². The maximum Gasteiger partial charge on any atom is 0.255 e. The molecule has 27 heavy (non-hydrogen) atoms. The van der Waals surface area contributed by atoms with Crippen LogP contribution in [0.2, 0.25) is 0 Å². The van der Waals surface area contributed by atoms with Crippen LogP contribution >= 0.6 is 0 Å². The van der Waals surface area contributed by atoms with E-state index >= 15 is 0 Å². The minimum Gasteiger partial charge on any atom is -0.368 e. The molecule has 4 rings (SSSR count). The average molecular weight is 361 g/mol. The van der Waals surface area contributed by atoms with Crippen LogP contribution < -0.4 is 4.90 Å². The molecule has 0 spiro atoms. The van der Waals surface area contributed by atoms with Crippen molar-refractivity contribution in [2.45, 2.75) is 13.8 Å². The van der Waals surface area contributed by atoms with E-state index in [4.69, 9.17) is 0 Å². The average Bonchev–Trinajstić information content (AvgIpc) is 3.06. The standard InChI is InChI=1S/C21H23N5O/c1-16-14-17(2)26(23-16)20-9-8-18(15-22-20)21(27)25-12-10-24(11-13-25)19-6-4-3-5-7-19/h3-9,14-15H,10-13H2,1-2H3. The lowest BCUT2D eigenvalue weighted by Crippen LogP contribution is -2.48. The van der Waals surface area contributed by atoms with Crippen LogP contribution in [-0.4, -0.2) is 51.8 Å². The molecule has 3 heterocycles. The summed E-state index contributed by atoms with van der Waals surface area (Å²) in [5, 5.41) is 4.44. The molecular formula is C21H23N5O. The van der Waals surface area contributed by atoms with Gasteiger partial charge in [0, 0.05) is 43.8 Å². The molecule has 3 aromatic rings. The molecule has 0 atom stereocenters. The van der Waals surface area contributed by atoms with Crippen molar-refractivity contribution < 1.29 is 4.79 Å². The zero-order valence-electron chi connectivity index (χ0n) is 15.7. The van der Waals surface area contributed by atoms with Crippen LogP contribution in [-0.2, 0) is 0 Å². The topological polar surface area (TPSA) is 54.3 Å². The lowest BCUT2D eigenvalue weighted by molar-refractivity contribution is 0.0746. The van der Waals surface area contributed by atoms with Crippen molar-refractivity contribution in [2.75, 3.05) is 31.1 Å². The van der Waals surface area contributed by atoms with Gasteiger partial charge in [-0.1, -0.05) is 18.2 Å². The lowest BCUT2D eigenvalue weighted by atomic mass is 10.2. The Kier molecular flexibility index (Phi) is 4.62. The smallest absolute Gasteiger partial charge is 0.255 e. The number of aryl methyl sites for hydroxylation is 2. The van der Waals surface area contributed by atoms with Crippen LogP contribution in [0.25, 0.3) is 5.82 Å². The number of nitrogens with zero attached hydrogens (tertiary/aromatic N) is 5. The number of benzene rings is 1. The van der Waals surface area contributed by atoms with Crippen molar-refractivity contribution in [3.63, 3.8) is 0 Å². The first-order valence-electron chi connectivity index (χ1n) is 9.21. The van der Waals surface area contributed by atoms with E-state index in [1.807, 2.05) is 55.1 Å². The van der Waals surface area contributed by atoms with Crippen molar-refractivity contribution in [1.29, 1.82) is 0 Å². The highest BCUT2D eigenvalue weighted by atomic mass is 16.2. The Hall–Kier alpha value is -3.15. The largest absolute Gasteiger partial charge is 0.368 e. The maximum absolute atomic E-state index is 12.8. The van der Waals surface area contributed by atoms with E-state index in [-0.39, 0.29) is 5.91 Å². The fourth-order valence-electron chi connectivity index (χ4n) is 3.49. The van der Waals surface area contributed by atoms with Crippen LogP contribution in [0.15, 0.2) is 54.7 Å². The Morgan fingerprint density at radius 2 is 1.70 bits per heavy atom. The third-order valence-corrected chi connectivity index (χ3v) is 4.91. The zero-order valence-corrected chi connectivity index (χ0v) is 15.7. The van der Waals surface area contributed by atoms with E-state index < -0.39 is 0 Å². The van der Waals surface area contributed by atoms with Gasteiger partial charge in [-0.05, 0) is 44.2 Å². The summed E-state index contributed by atoms with van der Waals surface area (Å²) in [6, 6.07) is 16.0. The quantitative estimate of drug-likeness (QED) is 0.720. The minimum atomic E-state index is 0.0372. The first-order chi connectivity index (χ1) is 13.1. The lowest BCUT2D eigenvalue weighted by Gasteiger charge is -2.36. The Labute approximate surface area is 159 Å². The fourth-order valence-corrected chi connectivity index (χ4v) is 3.49. The molecule has 1 fully saturated rings. The van der Waals surface area contributed by atoms with Gasteiger partial charge in [-0.15, -0.1) is 0 Å². The number of amides is 1. The molecular weight excluding hydrogens is 338 g/mol. The van der Waals surface area contributed by atoms with Gasteiger partial charge in [0.05, 0.1) is 11.3 Å². The molecule has 1 amide bonds. The summed E-state index contributed by atoms with van der Waals surface area (Å²) < 4.78 is 1.79. The number of carbonyl (C=O) groups is 1. The van der Waals surface area contributed by atoms with Crippen molar-refractivity contribution in [3.05, 3.63) is 71.7 Å². The first-order valence-corrected chi connectivity index (χ1v) is 9.21. The summed E-state index contributed by atoms with van der Waals surface area (Å²) in [6.45, 7) is 7.06. The maximum atomic E-state index is 12.8. The van der Waals surface area contributed by atoms with Gasteiger partial charge in [-0.25, -0.2) is 9.67 Å². The van der Waals surface area contributed by atoms with Crippen molar-refractivity contribution in [3.8, 4) is 5.82 Å². The monoisotopic (exact) mass is 361 g/mol. The summed E-state index contributed by atoms with van der Waals surface area (Å²) in [6.07, 6.45) is 1.65. The molecule has 0 aliphatic carbocycles. The number of hydrogen-bond acceptors (Lipinski definition) is 4. The Morgan fingerprint density at radius 3 is 2.30 bits per heavy atom. The number of rotatable bonds is 3. The second kappa shape index (κ2) is 7.23. The van der Waals surface area contributed by atoms with Crippen LogP contribution in [0.1, 0.15) is 21.7 Å². The van der Waals surface area contributed by atoms with E-state index in [1.165, 1.54) is 5.69 Å². The molecule has 0 N–H and O–H groups in total. The van der Waals surface area contributed by atoms with Crippen molar-refractivity contribution in [2.24, 2.45) is 0 Å². The third-order valence-electron chi connectivity index (χ3n) is 4.91. The van der Waals surface area contributed by atoms with Crippen LogP contribution in [0, 0.1) is 13.8 Å². The van der Waals surface area contributed by atoms with Gasteiger partial charge >= 0.3 is 0 Å². The second-order valence-electron chi connectivity index (χ2n) is 6.86. The van der Waals surface area contributed by atoms with Crippen LogP contribution in [0.4, 0.5) is 5.69 Å². The molecule has 6 heteroatoms. The highest BCUT2D eigenvalue weighted by molar-refractivity contribution is 5.94. The van der Waals surface area contributed by atoms with Gasteiger partial charge in [0.1, 0.15) is 0 Å². The summed E-state index contributed by atoms with van der Waals surface area (Å²) in [7, 11) is 0. The minimum absolute atomic E-state index is 0.0372. The zero-order chi connectivity index (χ0) is 18.8. The summed E-state index contributed by atoms with van der Waals surface area (Å²) in [5.41, 5.74) is 3.80. The summed E-state index contributed by atoms with van der Waals surface area (Å²) in [5.74, 6) is 0.765. The van der Waals surface area contributed by atoms with E-state index in [9.17, 15) is 4.79 Å². The molecule has 1 aliphatic rings. The third kappa shape index (κ3) is 3.56. The summed E-state index contributed by atoms with van der Waals surface area (Å²) in [4.78, 5) is 21.5. The number of carbonyl (C=O) groups excluding carboxylic acids is 1. The Bertz CT molecular complexity index is 925. The molecule has 1 saturated heterocycles. The van der Waals surface area contributed by atoms with Gasteiger partial charge in [0.15, 0.2) is 5.82 Å². The van der Waals surface area contributed by atoms with Crippen LogP contribution in [0.5, 0.6) is 0 Å². The number of anilines is 1. The van der Waals surface area contributed by atoms with Gasteiger partial charge in [0.2, 0.25) is 0 Å². The Balaban J connectivity index is 1.42. The number of hydrogen-bond donors (Lipinski definition) is 0. The predicted octanol–water partition coefficient (Wildman–Crippen LogP) is 2.85. The van der Waals surface area contributed by atoms with Gasteiger partial charge in [-0.3, -0.25) is 4.79 Å².